The molecule has 8 heteroatoms. The number of nitrogens with zero attached hydrogens (tertiary/aromatic N) is 1. The predicted molar refractivity (Wildman–Crippen MR) is 86.0 cm³/mol. The van der Waals surface area contributed by atoms with Crippen molar-refractivity contribution in [1.82, 2.24) is 4.98 Å². The Kier molecular flexibility index (Phi) is 4.21. The minimum atomic E-state index is -3.70. The van der Waals surface area contributed by atoms with Gasteiger partial charge in [-0.2, -0.15) is 0 Å². The highest BCUT2D eigenvalue weighted by molar-refractivity contribution is 7.89. The molecule has 0 atom stereocenters. The van der Waals surface area contributed by atoms with E-state index in [9.17, 15) is 8.42 Å². The maximum Gasteiger partial charge on any atom is 0.238 e. The van der Waals surface area contributed by atoms with E-state index in [1.54, 1.807) is 18.2 Å². The minimum Gasteiger partial charge on any atom is -0.389 e. The number of benzene rings is 1. The predicted octanol–water partition coefficient (Wildman–Crippen LogP) is 1.42. The van der Waals surface area contributed by atoms with E-state index in [2.05, 4.69) is 10.3 Å². The number of nitrogens with two attached hydrogens (primary N) is 2. The number of pyridine rings is 1. The molecule has 0 saturated heterocycles. The average molecular weight is 322 g/mol. The largest absolute Gasteiger partial charge is 0.389 e. The lowest BCUT2D eigenvalue weighted by atomic mass is 10.2. The smallest absolute Gasteiger partial charge is 0.238 e. The molecule has 0 spiro atoms. The number of primary sulfonamides is 1. The molecule has 0 bridgehead atoms. The average Bonchev–Trinajstić information content (AvgIpc) is 2.38. The minimum absolute atomic E-state index is 0.0415. The Morgan fingerprint density at radius 1 is 1.19 bits per heavy atom. The Morgan fingerprint density at radius 2 is 1.81 bits per heavy atom. The molecule has 0 fully saturated rings. The molecule has 1 aromatic heterocycles. The lowest BCUT2D eigenvalue weighted by Gasteiger charge is -2.11. The van der Waals surface area contributed by atoms with E-state index >= 15 is 0 Å². The Hall–Kier alpha value is -2.03. The van der Waals surface area contributed by atoms with Crippen LogP contribution in [0.25, 0.3) is 0 Å². The summed E-state index contributed by atoms with van der Waals surface area (Å²) in [5.74, 6) is 0.519. The van der Waals surface area contributed by atoms with Gasteiger partial charge in [-0.25, -0.2) is 18.5 Å². The van der Waals surface area contributed by atoms with Gasteiger partial charge < -0.3 is 11.1 Å². The molecule has 1 heterocycles. The molecule has 0 aliphatic rings. The number of aryl methyl sites for hydroxylation is 1. The highest BCUT2D eigenvalue weighted by Gasteiger charge is 2.10. The van der Waals surface area contributed by atoms with Gasteiger partial charge in [-0.05, 0) is 43.3 Å². The van der Waals surface area contributed by atoms with Crippen LogP contribution in [0.1, 0.15) is 11.3 Å². The summed E-state index contributed by atoms with van der Waals surface area (Å²) in [7, 11) is -3.70. The van der Waals surface area contributed by atoms with Crippen molar-refractivity contribution in [3.05, 3.63) is 47.7 Å². The molecule has 0 saturated carbocycles. The summed E-state index contributed by atoms with van der Waals surface area (Å²) in [5, 5.41) is 8.11. The van der Waals surface area contributed by atoms with E-state index in [1.165, 1.54) is 12.1 Å². The van der Waals surface area contributed by atoms with E-state index < -0.39 is 10.0 Å². The standard InChI is InChI=1S/C13H14N4O2S2/c1-8-2-7-11(12(14)20)13(16-8)17-9-3-5-10(6-4-9)21(15,18)19/h2-7H,1H3,(H2,14,20)(H,16,17)(H2,15,18,19). The topological polar surface area (TPSA) is 111 Å². The maximum absolute atomic E-state index is 11.2. The first kappa shape index (κ1) is 15.4. The van der Waals surface area contributed by atoms with Crippen LogP contribution in [-0.2, 0) is 10.0 Å². The second-order valence-corrected chi connectivity index (χ2v) is 6.41. The molecule has 5 N–H and O–H groups in total. The van der Waals surface area contributed by atoms with Crippen molar-refractivity contribution < 1.29 is 8.42 Å². The third kappa shape index (κ3) is 3.75. The number of nitrogens with one attached hydrogen (secondary N) is 1. The van der Waals surface area contributed by atoms with Gasteiger partial charge in [-0.1, -0.05) is 12.2 Å². The van der Waals surface area contributed by atoms with Gasteiger partial charge in [0.05, 0.1) is 10.5 Å². The van der Waals surface area contributed by atoms with E-state index in [0.29, 0.717) is 17.1 Å². The first-order chi connectivity index (χ1) is 9.77. The van der Waals surface area contributed by atoms with Crippen LogP contribution in [0.3, 0.4) is 0 Å². The van der Waals surface area contributed by atoms with Gasteiger partial charge in [-0.3, -0.25) is 0 Å². The van der Waals surface area contributed by atoms with Crippen molar-refractivity contribution in [1.29, 1.82) is 0 Å². The lowest BCUT2D eigenvalue weighted by molar-refractivity contribution is 0.598. The fourth-order valence-electron chi connectivity index (χ4n) is 1.72. The van der Waals surface area contributed by atoms with E-state index in [0.717, 1.165) is 5.69 Å². The number of anilines is 2. The number of sulfonamides is 1. The molecular weight excluding hydrogens is 308 g/mol. The van der Waals surface area contributed by atoms with Gasteiger partial charge in [-0.15, -0.1) is 0 Å². The zero-order valence-corrected chi connectivity index (χ0v) is 12.8. The summed E-state index contributed by atoms with van der Waals surface area (Å²) < 4.78 is 22.4. The molecule has 2 rings (SSSR count). The van der Waals surface area contributed by atoms with Crippen molar-refractivity contribution in [3.63, 3.8) is 0 Å². The molecule has 0 aliphatic carbocycles. The summed E-state index contributed by atoms with van der Waals surface area (Å²) in [6.45, 7) is 1.85. The van der Waals surface area contributed by atoms with Crippen molar-refractivity contribution >= 4 is 38.7 Å². The van der Waals surface area contributed by atoms with Crippen LogP contribution in [0.15, 0.2) is 41.3 Å². The van der Waals surface area contributed by atoms with Crippen LogP contribution in [0, 0.1) is 6.92 Å². The number of thiocarbonyl (C=S) groups is 1. The third-order valence-electron chi connectivity index (χ3n) is 2.75. The van der Waals surface area contributed by atoms with Gasteiger partial charge in [0.1, 0.15) is 10.8 Å². The summed E-state index contributed by atoms with van der Waals surface area (Å²) >= 11 is 4.98. The third-order valence-corrected chi connectivity index (χ3v) is 3.89. The van der Waals surface area contributed by atoms with Crippen molar-refractivity contribution in [2.45, 2.75) is 11.8 Å². The number of hydrogen-bond acceptors (Lipinski definition) is 5. The van der Waals surface area contributed by atoms with Gasteiger partial charge in [0.25, 0.3) is 0 Å². The quantitative estimate of drug-likeness (QED) is 0.734. The normalized spacial score (nSPS) is 11.1. The van der Waals surface area contributed by atoms with Crippen LogP contribution in [0.5, 0.6) is 0 Å². The molecule has 0 unspecified atom stereocenters. The zero-order valence-electron chi connectivity index (χ0n) is 11.2. The number of aromatic nitrogens is 1. The highest BCUT2D eigenvalue weighted by Crippen LogP contribution is 2.20. The van der Waals surface area contributed by atoms with Crippen molar-refractivity contribution in [2.75, 3.05) is 5.32 Å². The Balaban J connectivity index is 2.34. The van der Waals surface area contributed by atoms with Gasteiger partial charge in [0.2, 0.25) is 10.0 Å². The van der Waals surface area contributed by atoms with Crippen LogP contribution in [0.4, 0.5) is 11.5 Å². The SMILES string of the molecule is Cc1ccc(C(N)=S)c(Nc2ccc(S(N)(=O)=O)cc2)n1. The molecule has 6 nitrogen and oxygen atoms in total. The molecule has 110 valence electrons. The second-order valence-electron chi connectivity index (χ2n) is 4.41. The van der Waals surface area contributed by atoms with Gasteiger partial charge >= 0.3 is 0 Å². The summed E-state index contributed by atoms with van der Waals surface area (Å²) in [6.07, 6.45) is 0. The number of rotatable bonds is 4. The summed E-state index contributed by atoms with van der Waals surface area (Å²) in [4.78, 5) is 4.61. The highest BCUT2D eigenvalue weighted by atomic mass is 32.2. The molecule has 1 aromatic carbocycles. The molecule has 2 aromatic rings. The molecule has 0 amide bonds. The fraction of sp³-hybridized carbons (Fsp3) is 0.0769. The Bertz CT molecular complexity index is 786. The molecule has 0 radical (unpaired) electrons. The molecule has 21 heavy (non-hydrogen) atoms. The lowest BCUT2D eigenvalue weighted by Crippen LogP contribution is -2.14. The van der Waals surface area contributed by atoms with Crippen molar-refractivity contribution in [3.8, 4) is 0 Å². The summed E-state index contributed by atoms with van der Waals surface area (Å²) in [6, 6.07) is 9.59. The van der Waals surface area contributed by atoms with Crippen LogP contribution in [0.2, 0.25) is 0 Å². The molecular formula is C13H14N4O2S2. The zero-order chi connectivity index (χ0) is 15.6. The van der Waals surface area contributed by atoms with Gasteiger partial charge in [0, 0.05) is 11.4 Å². The van der Waals surface area contributed by atoms with Gasteiger partial charge in [0.15, 0.2) is 0 Å². The van der Waals surface area contributed by atoms with E-state index in [1.807, 2.05) is 13.0 Å². The first-order valence-corrected chi connectivity index (χ1v) is 7.90. The van der Waals surface area contributed by atoms with E-state index in [4.69, 9.17) is 23.1 Å². The Labute approximate surface area is 128 Å². The van der Waals surface area contributed by atoms with Crippen LogP contribution >= 0.6 is 12.2 Å². The second kappa shape index (κ2) is 5.76. The Morgan fingerprint density at radius 3 is 2.33 bits per heavy atom. The van der Waals surface area contributed by atoms with Crippen molar-refractivity contribution in [2.24, 2.45) is 10.9 Å². The fourth-order valence-corrected chi connectivity index (χ4v) is 2.40. The molecule has 0 aliphatic heterocycles. The first-order valence-electron chi connectivity index (χ1n) is 5.95. The van der Waals surface area contributed by atoms with Crippen LogP contribution < -0.4 is 16.2 Å². The van der Waals surface area contributed by atoms with E-state index in [-0.39, 0.29) is 9.88 Å². The summed E-state index contributed by atoms with van der Waals surface area (Å²) in [5.41, 5.74) is 7.73. The van der Waals surface area contributed by atoms with Crippen LogP contribution in [-0.4, -0.2) is 18.4 Å². The number of hydrogen-bond donors (Lipinski definition) is 3. The maximum atomic E-state index is 11.2. The monoisotopic (exact) mass is 322 g/mol.